The van der Waals surface area contributed by atoms with Gasteiger partial charge in [-0.25, -0.2) is 14.4 Å². The van der Waals surface area contributed by atoms with E-state index in [0.717, 1.165) is 5.56 Å². The molecule has 1 aromatic rings. The van der Waals surface area contributed by atoms with Crippen LogP contribution in [0.2, 0.25) is 0 Å². The van der Waals surface area contributed by atoms with E-state index in [-0.39, 0.29) is 58.3 Å². The molecule has 0 radical (unpaired) electrons. The van der Waals surface area contributed by atoms with Crippen molar-refractivity contribution >= 4 is 23.9 Å². The third kappa shape index (κ3) is 15.4. The van der Waals surface area contributed by atoms with Gasteiger partial charge in [0.1, 0.15) is 24.9 Å². The molecule has 35 heavy (non-hydrogen) atoms. The van der Waals surface area contributed by atoms with Crippen molar-refractivity contribution in [3.63, 3.8) is 0 Å². The van der Waals surface area contributed by atoms with Crippen molar-refractivity contribution in [2.75, 3.05) is 40.1 Å². The zero-order valence-corrected chi connectivity index (χ0v) is 20.8. The van der Waals surface area contributed by atoms with Crippen LogP contribution in [0.4, 0.5) is 4.79 Å². The van der Waals surface area contributed by atoms with Crippen LogP contribution in [-0.2, 0) is 44.7 Å². The van der Waals surface area contributed by atoms with Crippen LogP contribution in [0.5, 0.6) is 0 Å². The molecule has 1 atom stereocenters. The molecule has 11 heteroatoms. The predicted molar refractivity (Wildman–Crippen MR) is 125 cm³/mol. The lowest BCUT2D eigenvalue weighted by Gasteiger charge is -2.24. The summed E-state index contributed by atoms with van der Waals surface area (Å²) in [5, 5.41) is 5.15. The Morgan fingerprint density at radius 2 is 1.66 bits per heavy atom. The summed E-state index contributed by atoms with van der Waals surface area (Å²) in [6.45, 7) is 5.99. The van der Waals surface area contributed by atoms with Crippen molar-refractivity contribution in [2.45, 2.75) is 51.9 Å². The van der Waals surface area contributed by atoms with Crippen LogP contribution in [-0.4, -0.2) is 75.7 Å². The molecule has 0 aliphatic heterocycles. The van der Waals surface area contributed by atoms with Gasteiger partial charge in [0.25, 0.3) is 0 Å². The number of esters is 2. The van der Waals surface area contributed by atoms with E-state index in [2.05, 4.69) is 15.4 Å². The van der Waals surface area contributed by atoms with Crippen LogP contribution in [0.15, 0.2) is 30.3 Å². The lowest BCUT2D eigenvalue weighted by Crippen LogP contribution is -2.45. The van der Waals surface area contributed by atoms with Gasteiger partial charge in [-0.15, -0.1) is 0 Å². The summed E-state index contributed by atoms with van der Waals surface area (Å²) >= 11 is 0. The van der Waals surface area contributed by atoms with Gasteiger partial charge in [-0.05, 0) is 32.8 Å². The van der Waals surface area contributed by atoms with Gasteiger partial charge in [0.2, 0.25) is 5.91 Å². The van der Waals surface area contributed by atoms with Crippen LogP contribution >= 0.6 is 0 Å². The summed E-state index contributed by atoms with van der Waals surface area (Å²) in [5.74, 6) is -1.44. The highest BCUT2D eigenvalue weighted by atomic mass is 16.6. The Morgan fingerprint density at radius 3 is 2.31 bits per heavy atom. The normalized spacial score (nSPS) is 11.8. The molecule has 11 nitrogen and oxygen atoms in total. The second kappa shape index (κ2) is 16.4. The molecule has 0 bridgehead atoms. The third-order valence-electron chi connectivity index (χ3n) is 4.24. The Bertz CT molecular complexity index is 794. The Labute approximate surface area is 205 Å². The Balaban J connectivity index is 2.38. The molecule has 0 fully saturated rings. The molecule has 0 saturated carbocycles. The number of benzene rings is 1. The van der Waals surface area contributed by atoms with Crippen molar-refractivity contribution in [2.24, 2.45) is 0 Å². The van der Waals surface area contributed by atoms with Gasteiger partial charge in [0.05, 0.1) is 26.9 Å². The number of ether oxygens (including phenoxy) is 5. The molecule has 0 unspecified atom stereocenters. The van der Waals surface area contributed by atoms with Gasteiger partial charge in [-0.2, -0.15) is 0 Å². The number of carbonyl (C=O) groups excluding carboxylic acids is 4. The fraction of sp³-hybridized carbons (Fsp3) is 0.583. The number of alkyl carbamates (subject to hydrolysis) is 1. The molecule has 0 aliphatic carbocycles. The average Bonchev–Trinajstić information content (AvgIpc) is 2.81. The number of methoxy groups -OCH3 is 1. The highest BCUT2D eigenvalue weighted by molar-refractivity contribution is 5.83. The number of hydrogen-bond acceptors (Lipinski definition) is 9. The molecular weight excluding hydrogens is 460 g/mol. The molecule has 0 aliphatic rings. The zero-order chi connectivity index (χ0) is 26.1. The first-order chi connectivity index (χ1) is 16.6. The lowest BCUT2D eigenvalue weighted by molar-refractivity contribution is -0.157. The Kier molecular flexibility index (Phi) is 14.0. The maximum atomic E-state index is 12.5. The first-order valence-corrected chi connectivity index (χ1v) is 11.3. The van der Waals surface area contributed by atoms with Gasteiger partial charge in [0, 0.05) is 13.0 Å². The van der Waals surface area contributed by atoms with E-state index >= 15 is 0 Å². The second-order valence-electron chi connectivity index (χ2n) is 8.42. The largest absolute Gasteiger partial charge is 0.467 e. The van der Waals surface area contributed by atoms with Crippen molar-refractivity contribution in [1.82, 2.24) is 10.6 Å². The Hall–Kier alpha value is -3.18. The summed E-state index contributed by atoms with van der Waals surface area (Å²) in [6.07, 6.45) is -0.776. The maximum absolute atomic E-state index is 12.5. The molecule has 196 valence electrons. The zero-order valence-electron chi connectivity index (χ0n) is 20.8. The van der Waals surface area contributed by atoms with Crippen LogP contribution in [0.25, 0.3) is 0 Å². The molecule has 1 rings (SSSR count). The standard InChI is InChI=1S/C24H36N2O9/c1-24(2,3)35-22(29)19(26-23(30)34-16-18-8-6-5-7-9-18)10-11-20(27)25-12-13-32-14-15-33-17-21(28)31-4/h5-9,19H,10-17H2,1-4H3,(H,25,27)(H,26,30)/t19-/m0/s1. The minimum absolute atomic E-state index is 0.0227. The van der Waals surface area contributed by atoms with E-state index in [0.29, 0.717) is 0 Å². The summed E-state index contributed by atoms with van der Waals surface area (Å²) in [4.78, 5) is 47.8. The van der Waals surface area contributed by atoms with Crippen molar-refractivity contribution in [1.29, 1.82) is 0 Å². The fourth-order valence-electron chi connectivity index (χ4n) is 2.59. The highest BCUT2D eigenvalue weighted by Crippen LogP contribution is 2.11. The van der Waals surface area contributed by atoms with Gasteiger partial charge in [-0.3, -0.25) is 4.79 Å². The van der Waals surface area contributed by atoms with Crippen LogP contribution in [0.1, 0.15) is 39.2 Å². The van der Waals surface area contributed by atoms with E-state index in [1.54, 1.807) is 20.8 Å². The molecule has 1 aromatic carbocycles. The Morgan fingerprint density at radius 1 is 0.971 bits per heavy atom. The van der Waals surface area contributed by atoms with Crippen molar-refractivity contribution in [3.05, 3.63) is 35.9 Å². The number of carbonyl (C=O) groups is 4. The predicted octanol–water partition coefficient (Wildman–Crippen LogP) is 1.73. The molecule has 0 heterocycles. The summed E-state index contributed by atoms with van der Waals surface area (Å²) in [7, 11) is 1.27. The minimum atomic E-state index is -1.05. The summed E-state index contributed by atoms with van der Waals surface area (Å²) in [5.41, 5.74) is 0.0404. The second-order valence-corrected chi connectivity index (χ2v) is 8.42. The van der Waals surface area contributed by atoms with E-state index in [1.165, 1.54) is 7.11 Å². The first kappa shape index (κ1) is 29.9. The highest BCUT2D eigenvalue weighted by Gasteiger charge is 2.27. The minimum Gasteiger partial charge on any atom is -0.467 e. The van der Waals surface area contributed by atoms with Crippen LogP contribution in [0.3, 0.4) is 0 Å². The third-order valence-corrected chi connectivity index (χ3v) is 4.24. The maximum Gasteiger partial charge on any atom is 0.408 e. The number of nitrogens with one attached hydrogen (secondary N) is 2. The van der Waals surface area contributed by atoms with Gasteiger partial charge >= 0.3 is 18.0 Å². The summed E-state index contributed by atoms with van der Waals surface area (Å²) in [6, 6.07) is 8.06. The van der Waals surface area contributed by atoms with Gasteiger partial charge in [0.15, 0.2) is 0 Å². The summed E-state index contributed by atoms with van der Waals surface area (Å²) < 4.78 is 25.3. The van der Waals surface area contributed by atoms with Gasteiger partial charge < -0.3 is 34.3 Å². The van der Waals surface area contributed by atoms with E-state index in [1.807, 2.05) is 30.3 Å². The van der Waals surface area contributed by atoms with Crippen molar-refractivity contribution < 1.29 is 42.9 Å². The molecule has 2 N–H and O–H groups in total. The number of hydrogen-bond donors (Lipinski definition) is 2. The van der Waals surface area contributed by atoms with E-state index < -0.39 is 29.7 Å². The smallest absolute Gasteiger partial charge is 0.408 e. The topological polar surface area (TPSA) is 138 Å². The van der Waals surface area contributed by atoms with E-state index in [9.17, 15) is 19.2 Å². The average molecular weight is 497 g/mol. The molecule has 2 amide bonds. The quantitative estimate of drug-likeness (QED) is 0.211. The molecular formula is C24H36N2O9. The number of rotatable bonds is 15. The molecule has 0 aromatic heterocycles. The first-order valence-electron chi connectivity index (χ1n) is 11.3. The van der Waals surface area contributed by atoms with Crippen LogP contribution in [0, 0.1) is 0 Å². The monoisotopic (exact) mass is 496 g/mol. The molecule has 0 spiro atoms. The van der Waals surface area contributed by atoms with Crippen LogP contribution < -0.4 is 10.6 Å². The number of amides is 2. The van der Waals surface area contributed by atoms with Crippen molar-refractivity contribution in [3.8, 4) is 0 Å². The van der Waals surface area contributed by atoms with E-state index in [4.69, 9.17) is 18.9 Å². The fourth-order valence-corrected chi connectivity index (χ4v) is 2.59. The lowest BCUT2D eigenvalue weighted by atomic mass is 10.1. The van der Waals surface area contributed by atoms with Gasteiger partial charge in [-0.1, -0.05) is 30.3 Å². The SMILES string of the molecule is COC(=O)COCCOCCNC(=O)CC[C@H](NC(=O)OCc1ccccc1)C(=O)OC(C)(C)C. The molecule has 0 saturated heterocycles.